The number of aliphatic carboxylic acids is 1. The summed E-state index contributed by atoms with van der Waals surface area (Å²) in [6, 6.07) is 4.86. The molecule has 5 nitrogen and oxygen atoms in total. The minimum absolute atomic E-state index is 0.0933. The number of hydrogen-bond donors (Lipinski definition) is 3. The molecule has 5 heteroatoms. The molecule has 1 unspecified atom stereocenters. The molecule has 1 aromatic rings. The highest BCUT2D eigenvalue weighted by molar-refractivity contribution is 5.97. The molecule has 3 rings (SSSR count). The van der Waals surface area contributed by atoms with Crippen molar-refractivity contribution in [3.05, 3.63) is 34.9 Å². The summed E-state index contributed by atoms with van der Waals surface area (Å²) in [7, 11) is 0. The third-order valence-corrected chi connectivity index (χ3v) is 4.00. The fourth-order valence-electron chi connectivity index (χ4n) is 2.66. The van der Waals surface area contributed by atoms with Crippen LogP contribution in [0.1, 0.15) is 34.3 Å². The zero-order chi connectivity index (χ0) is 14.1. The van der Waals surface area contributed by atoms with E-state index in [9.17, 15) is 9.59 Å². The first-order valence-electron chi connectivity index (χ1n) is 7.01. The highest BCUT2D eigenvalue weighted by Crippen LogP contribution is 2.32. The topological polar surface area (TPSA) is 78.4 Å². The molecule has 1 amide bonds. The van der Waals surface area contributed by atoms with Gasteiger partial charge < -0.3 is 15.7 Å². The molecule has 1 heterocycles. The molecular weight excluding hydrogens is 256 g/mol. The Morgan fingerprint density at radius 2 is 2.10 bits per heavy atom. The number of carboxylic acid groups (broad SMARTS) is 1. The average molecular weight is 274 g/mol. The van der Waals surface area contributed by atoms with Crippen LogP contribution in [0.4, 0.5) is 0 Å². The zero-order valence-electron chi connectivity index (χ0n) is 11.2. The van der Waals surface area contributed by atoms with Crippen molar-refractivity contribution in [2.75, 3.05) is 6.54 Å². The maximum absolute atomic E-state index is 12.2. The van der Waals surface area contributed by atoms with E-state index in [1.807, 2.05) is 12.1 Å². The highest BCUT2D eigenvalue weighted by Gasteiger charge is 2.37. The quantitative estimate of drug-likeness (QED) is 0.763. The highest BCUT2D eigenvalue weighted by atomic mass is 16.4. The molecule has 1 fully saturated rings. The van der Waals surface area contributed by atoms with E-state index >= 15 is 0 Å². The second-order valence-electron chi connectivity index (χ2n) is 5.54. The van der Waals surface area contributed by atoms with Crippen molar-refractivity contribution in [3.8, 4) is 0 Å². The molecule has 20 heavy (non-hydrogen) atoms. The van der Waals surface area contributed by atoms with Crippen LogP contribution >= 0.6 is 0 Å². The van der Waals surface area contributed by atoms with Crippen molar-refractivity contribution in [3.63, 3.8) is 0 Å². The molecule has 1 aromatic carbocycles. The molecule has 1 saturated carbocycles. The SMILES string of the molecule is O=C(NC(C(=O)O)C1CC1)c1ccc2c(c1)CNCC2. The van der Waals surface area contributed by atoms with Gasteiger partial charge in [0.1, 0.15) is 6.04 Å². The molecular formula is C15H18N2O3. The van der Waals surface area contributed by atoms with Crippen molar-refractivity contribution in [2.24, 2.45) is 5.92 Å². The van der Waals surface area contributed by atoms with Gasteiger partial charge in [0, 0.05) is 12.1 Å². The Kier molecular flexibility index (Phi) is 3.44. The van der Waals surface area contributed by atoms with E-state index in [0.29, 0.717) is 5.56 Å². The zero-order valence-corrected chi connectivity index (χ0v) is 11.2. The maximum Gasteiger partial charge on any atom is 0.326 e. The van der Waals surface area contributed by atoms with E-state index in [0.717, 1.165) is 37.9 Å². The summed E-state index contributed by atoms with van der Waals surface area (Å²) in [5.74, 6) is -1.14. The molecule has 0 bridgehead atoms. The van der Waals surface area contributed by atoms with Crippen molar-refractivity contribution in [1.82, 2.24) is 10.6 Å². The normalized spacial score (nSPS) is 19.0. The van der Waals surface area contributed by atoms with Crippen LogP contribution in [-0.2, 0) is 17.8 Å². The van der Waals surface area contributed by atoms with Crippen molar-refractivity contribution >= 4 is 11.9 Å². The van der Waals surface area contributed by atoms with Gasteiger partial charge in [-0.15, -0.1) is 0 Å². The third kappa shape index (κ3) is 2.67. The Bertz CT molecular complexity index is 552. The summed E-state index contributed by atoms with van der Waals surface area (Å²) in [6.45, 7) is 1.72. The minimum Gasteiger partial charge on any atom is -0.480 e. The third-order valence-electron chi connectivity index (χ3n) is 4.00. The van der Waals surface area contributed by atoms with Gasteiger partial charge in [0.15, 0.2) is 0 Å². The number of rotatable bonds is 4. The van der Waals surface area contributed by atoms with Crippen LogP contribution in [0.3, 0.4) is 0 Å². The fraction of sp³-hybridized carbons (Fsp3) is 0.467. The van der Waals surface area contributed by atoms with Gasteiger partial charge in [0.05, 0.1) is 0 Å². The molecule has 106 valence electrons. The predicted molar refractivity (Wildman–Crippen MR) is 73.5 cm³/mol. The largest absolute Gasteiger partial charge is 0.480 e. The average Bonchev–Trinajstić information content (AvgIpc) is 3.28. The lowest BCUT2D eigenvalue weighted by Gasteiger charge is -2.18. The monoisotopic (exact) mass is 274 g/mol. The Balaban J connectivity index is 1.74. The van der Waals surface area contributed by atoms with Gasteiger partial charge in [-0.1, -0.05) is 6.07 Å². The van der Waals surface area contributed by atoms with Crippen molar-refractivity contribution in [2.45, 2.75) is 31.8 Å². The van der Waals surface area contributed by atoms with E-state index in [1.165, 1.54) is 5.56 Å². The Morgan fingerprint density at radius 3 is 2.80 bits per heavy atom. The van der Waals surface area contributed by atoms with Crippen molar-refractivity contribution < 1.29 is 14.7 Å². The molecule has 0 aromatic heterocycles. The van der Waals surface area contributed by atoms with Gasteiger partial charge in [0.25, 0.3) is 5.91 Å². The molecule has 1 atom stereocenters. The first kappa shape index (κ1) is 13.1. The lowest BCUT2D eigenvalue weighted by molar-refractivity contribution is -0.139. The second kappa shape index (κ2) is 5.25. The van der Waals surface area contributed by atoms with E-state index in [1.54, 1.807) is 6.07 Å². The minimum atomic E-state index is -0.944. The summed E-state index contributed by atoms with van der Waals surface area (Å²) in [4.78, 5) is 23.3. The van der Waals surface area contributed by atoms with Crippen LogP contribution in [0.25, 0.3) is 0 Å². The first-order chi connectivity index (χ1) is 9.65. The summed E-state index contributed by atoms with van der Waals surface area (Å²) in [5, 5.41) is 15.1. The number of carbonyl (C=O) groups excluding carboxylic acids is 1. The van der Waals surface area contributed by atoms with E-state index in [-0.39, 0.29) is 11.8 Å². The lowest BCUT2D eigenvalue weighted by atomic mass is 9.98. The molecule has 3 N–H and O–H groups in total. The molecule has 1 aliphatic heterocycles. The summed E-state index contributed by atoms with van der Waals surface area (Å²) >= 11 is 0. The summed E-state index contributed by atoms with van der Waals surface area (Å²) < 4.78 is 0. The van der Waals surface area contributed by atoms with Crippen LogP contribution in [0.5, 0.6) is 0 Å². The van der Waals surface area contributed by atoms with Crippen LogP contribution in [0, 0.1) is 5.92 Å². The van der Waals surface area contributed by atoms with Gasteiger partial charge >= 0.3 is 5.97 Å². The van der Waals surface area contributed by atoms with Crippen LogP contribution in [-0.4, -0.2) is 29.6 Å². The smallest absolute Gasteiger partial charge is 0.326 e. The summed E-state index contributed by atoms with van der Waals surface area (Å²) in [6.07, 6.45) is 2.73. The molecule has 0 spiro atoms. The molecule has 1 aliphatic carbocycles. The molecule has 0 saturated heterocycles. The summed E-state index contributed by atoms with van der Waals surface area (Å²) in [5.41, 5.74) is 2.93. The number of benzene rings is 1. The van der Waals surface area contributed by atoms with Gasteiger partial charge in [-0.25, -0.2) is 4.79 Å². The standard InChI is InChI=1S/C15H18N2O3/c18-14(17-13(15(19)20)10-2-3-10)11-4-1-9-5-6-16-8-12(9)7-11/h1,4,7,10,13,16H,2-3,5-6,8H2,(H,17,18)(H,19,20). The van der Waals surface area contributed by atoms with Gasteiger partial charge in [-0.05, 0) is 55.0 Å². The number of hydrogen-bond acceptors (Lipinski definition) is 3. The van der Waals surface area contributed by atoms with Gasteiger partial charge in [-0.3, -0.25) is 4.79 Å². The fourth-order valence-corrected chi connectivity index (χ4v) is 2.66. The van der Waals surface area contributed by atoms with Gasteiger partial charge in [-0.2, -0.15) is 0 Å². The van der Waals surface area contributed by atoms with Crippen LogP contribution in [0.2, 0.25) is 0 Å². The maximum atomic E-state index is 12.2. The second-order valence-corrected chi connectivity index (χ2v) is 5.54. The van der Waals surface area contributed by atoms with E-state index in [2.05, 4.69) is 10.6 Å². The van der Waals surface area contributed by atoms with E-state index < -0.39 is 12.0 Å². The van der Waals surface area contributed by atoms with Crippen LogP contribution < -0.4 is 10.6 Å². The van der Waals surface area contributed by atoms with Gasteiger partial charge in [0.2, 0.25) is 0 Å². The Hall–Kier alpha value is -1.88. The Morgan fingerprint density at radius 1 is 1.30 bits per heavy atom. The predicted octanol–water partition coefficient (Wildman–Crippen LogP) is 0.925. The number of carboxylic acids is 1. The number of nitrogens with one attached hydrogen (secondary N) is 2. The number of fused-ring (bicyclic) bond motifs is 1. The first-order valence-corrected chi connectivity index (χ1v) is 7.01. The number of carbonyl (C=O) groups is 2. The Labute approximate surface area is 117 Å². The van der Waals surface area contributed by atoms with Crippen LogP contribution in [0.15, 0.2) is 18.2 Å². The number of amides is 1. The lowest BCUT2D eigenvalue weighted by Crippen LogP contribution is -2.42. The molecule has 0 radical (unpaired) electrons. The van der Waals surface area contributed by atoms with E-state index in [4.69, 9.17) is 5.11 Å². The van der Waals surface area contributed by atoms with Crippen molar-refractivity contribution in [1.29, 1.82) is 0 Å². The molecule has 2 aliphatic rings.